The first-order valence-corrected chi connectivity index (χ1v) is 7.47. The molecule has 0 aliphatic rings. The molecule has 0 unspecified atom stereocenters. The van der Waals surface area contributed by atoms with Crippen molar-refractivity contribution in [3.05, 3.63) is 35.9 Å². The van der Waals surface area contributed by atoms with Crippen molar-refractivity contribution in [2.75, 3.05) is 25.0 Å². The molecule has 0 radical (unpaired) electrons. The second kappa shape index (κ2) is 8.04. The largest absolute Gasteiger partial charge is 0.381 e. The Kier molecular flexibility index (Phi) is 7.06. The van der Waals surface area contributed by atoms with E-state index in [1.165, 1.54) is 5.56 Å². The van der Waals surface area contributed by atoms with Gasteiger partial charge in [-0.1, -0.05) is 44.2 Å². The standard InChI is InChI=1S/C15H22Cl2O/c1-13(2)10-18-9-8-15(11-16,12-17)14-6-4-3-5-7-14/h3-7,13H,8-12H2,1-2H3. The number of alkyl halides is 2. The van der Waals surface area contributed by atoms with Gasteiger partial charge in [0.1, 0.15) is 0 Å². The summed E-state index contributed by atoms with van der Waals surface area (Å²) in [5, 5.41) is 0. The van der Waals surface area contributed by atoms with Crippen LogP contribution in [0.3, 0.4) is 0 Å². The number of hydrogen-bond donors (Lipinski definition) is 0. The number of hydrogen-bond acceptors (Lipinski definition) is 1. The molecule has 1 aromatic carbocycles. The molecule has 102 valence electrons. The molecule has 0 atom stereocenters. The van der Waals surface area contributed by atoms with E-state index in [-0.39, 0.29) is 5.41 Å². The van der Waals surface area contributed by atoms with Crippen LogP contribution in [-0.2, 0) is 10.2 Å². The van der Waals surface area contributed by atoms with Crippen LogP contribution in [-0.4, -0.2) is 25.0 Å². The molecule has 1 aromatic rings. The third-order valence-corrected chi connectivity index (χ3v) is 4.10. The quantitative estimate of drug-likeness (QED) is 0.507. The van der Waals surface area contributed by atoms with Crippen LogP contribution in [0.15, 0.2) is 30.3 Å². The van der Waals surface area contributed by atoms with Crippen molar-refractivity contribution in [2.45, 2.75) is 25.7 Å². The lowest BCUT2D eigenvalue weighted by molar-refractivity contribution is 0.0970. The summed E-state index contributed by atoms with van der Waals surface area (Å²) in [6, 6.07) is 10.2. The zero-order valence-corrected chi connectivity index (χ0v) is 12.7. The highest BCUT2D eigenvalue weighted by atomic mass is 35.5. The van der Waals surface area contributed by atoms with Crippen molar-refractivity contribution in [2.24, 2.45) is 5.92 Å². The van der Waals surface area contributed by atoms with Crippen LogP contribution in [0.4, 0.5) is 0 Å². The first-order chi connectivity index (χ1) is 8.64. The van der Waals surface area contributed by atoms with Crippen molar-refractivity contribution in [3.8, 4) is 0 Å². The first-order valence-electron chi connectivity index (χ1n) is 6.40. The highest BCUT2D eigenvalue weighted by Gasteiger charge is 2.30. The number of ether oxygens (including phenoxy) is 1. The summed E-state index contributed by atoms with van der Waals surface area (Å²) in [4.78, 5) is 0. The molecule has 0 heterocycles. The van der Waals surface area contributed by atoms with Crippen LogP contribution >= 0.6 is 23.2 Å². The summed E-state index contributed by atoms with van der Waals surface area (Å²) in [5.74, 6) is 1.60. The van der Waals surface area contributed by atoms with Crippen LogP contribution < -0.4 is 0 Å². The van der Waals surface area contributed by atoms with Crippen molar-refractivity contribution in [1.29, 1.82) is 0 Å². The van der Waals surface area contributed by atoms with E-state index in [0.29, 0.717) is 24.3 Å². The van der Waals surface area contributed by atoms with E-state index in [1.54, 1.807) is 0 Å². The lowest BCUT2D eigenvalue weighted by Crippen LogP contribution is -2.32. The average Bonchev–Trinajstić information content (AvgIpc) is 2.40. The topological polar surface area (TPSA) is 9.23 Å². The maximum Gasteiger partial charge on any atom is 0.0488 e. The summed E-state index contributed by atoms with van der Waals surface area (Å²) in [7, 11) is 0. The molecule has 3 heteroatoms. The molecular weight excluding hydrogens is 267 g/mol. The van der Waals surface area contributed by atoms with Gasteiger partial charge in [0.15, 0.2) is 0 Å². The Bertz CT molecular complexity index is 321. The van der Waals surface area contributed by atoms with Crippen molar-refractivity contribution in [3.63, 3.8) is 0 Å². The second-order valence-electron chi connectivity index (χ2n) is 5.13. The molecular formula is C15H22Cl2O. The molecule has 1 rings (SSSR count). The summed E-state index contributed by atoms with van der Waals surface area (Å²) in [5.41, 5.74) is 1.02. The normalized spacial score (nSPS) is 12.1. The lowest BCUT2D eigenvalue weighted by Gasteiger charge is -2.30. The van der Waals surface area contributed by atoms with E-state index in [0.717, 1.165) is 13.0 Å². The van der Waals surface area contributed by atoms with Gasteiger partial charge in [0.05, 0.1) is 0 Å². The first kappa shape index (κ1) is 15.8. The average molecular weight is 289 g/mol. The highest BCUT2D eigenvalue weighted by molar-refractivity contribution is 6.22. The van der Waals surface area contributed by atoms with Gasteiger partial charge in [0, 0.05) is 30.4 Å². The Balaban J connectivity index is 2.64. The van der Waals surface area contributed by atoms with E-state index in [1.807, 2.05) is 18.2 Å². The third-order valence-electron chi connectivity index (χ3n) is 3.07. The number of rotatable bonds is 8. The van der Waals surface area contributed by atoms with Gasteiger partial charge in [-0.15, -0.1) is 23.2 Å². The molecule has 0 amide bonds. The zero-order chi connectivity index (χ0) is 13.4. The summed E-state index contributed by atoms with van der Waals surface area (Å²) in [6.07, 6.45) is 0.858. The smallest absolute Gasteiger partial charge is 0.0488 e. The van der Waals surface area contributed by atoms with Crippen LogP contribution in [0.2, 0.25) is 0 Å². The van der Waals surface area contributed by atoms with Gasteiger partial charge < -0.3 is 4.74 Å². The van der Waals surface area contributed by atoms with E-state index in [4.69, 9.17) is 27.9 Å². The molecule has 0 spiro atoms. The molecule has 0 aliphatic carbocycles. The van der Waals surface area contributed by atoms with Gasteiger partial charge in [-0.3, -0.25) is 0 Å². The maximum atomic E-state index is 6.16. The van der Waals surface area contributed by atoms with Crippen LogP contribution in [0.25, 0.3) is 0 Å². The minimum Gasteiger partial charge on any atom is -0.381 e. The maximum absolute atomic E-state index is 6.16. The molecule has 18 heavy (non-hydrogen) atoms. The fraction of sp³-hybridized carbons (Fsp3) is 0.600. The van der Waals surface area contributed by atoms with Gasteiger partial charge in [-0.25, -0.2) is 0 Å². The van der Waals surface area contributed by atoms with Gasteiger partial charge in [-0.05, 0) is 17.9 Å². The predicted octanol–water partition coefficient (Wildman–Crippen LogP) is 4.46. The fourth-order valence-electron chi connectivity index (χ4n) is 1.85. The lowest BCUT2D eigenvalue weighted by atomic mass is 9.81. The molecule has 0 fully saturated rings. The van der Waals surface area contributed by atoms with Crippen molar-refractivity contribution in [1.82, 2.24) is 0 Å². The van der Waals surface area contributed by atoms with E-state index in [2.05, 4.69) is 26.0 Å². The molecule has 0 bridgehead atoms. The Morgan fingerprint density at radius 3 is 2.22 bits per heavy atom. The monoisotopic (exact) mass is 288 g/mol. The van der Waals surface area contributed by atoms with Crippen LogP contribution in [0.1, 0.15) is 25.8 Å². The summed E-state index contributed by atoms with van der Waals surface area (Å²) in [6.45, 7) is 5.78. The molecule has 0 aromatic heterocycles. The van der Waals surface area contributed by atoms with E-state index in [9.17, 15) is 0 Å². The summed E-state index contributed by atoms with van der Waals surface area (Å²) >= 11 is 12.3. The van der Waals surface area contributed by atoms with Gasteiger partial charge in [0.25, 0.3) is 0 Å². The zero-order valence-electron chi connectivity index (χ0n) is 11.2. The van der Waals surface area contributed by atoms with Gasteiger partial charge in [0.2, 0.25) is 0 Å². The Hall–Kier alpha value is -0.240. The van der Waals surface area contributed by atoms with Crippen LogP contribution in [0.5, 0.6) is 0 Å². The second-order valence-corrected chi connectivity index (χ2v) is 5.67. The Morgan fingerprint density at radius 1 is 1.11 bits per heavy atom. The SMILES string of the molecule is CC(C)COCCC(CCl)(CCl)c1ccccc1. The Morgan fingerprint density at radius 2 is 1.72 bits per heavy atom. The van der Waals surface area contributed by atoms with E-state index < -0.39 is 0 Å². The molecule has 1 nitrogen and oxygen atoms in total. The molecule has 0 saturated carbocycles. The van der Waals surface area contributed by atoms with E-state index >= 15 is 0 Å². The minimum absolute atomic E-state index is 0.179. The molecule has 0 N–H and O–H groups in total. The van der Waals surface area contributed by atoms with Gasteiger partial charge >= 0.3 is 0 Å². The summed E-state index contributed by atoms with van der Waals surface area (Å²) < 4.78 is 5.66. The fourth-order valence-corrected chi connectivity index (χ4v) is 2.71. The number of halogens is 2. The Labute approximate surface area is 120 Å². The third kappa shape index (κ3) is 4.46. The molecule has 0 aliphatic heterocycles. The van der Waals surface area contributed by atoms with Crippen molar-refractivity contribution < 1.29 is 4.74 Å². The van der Waals surface area contributed by atoms with Crippen molar-refractivity contribution >= 4 is 23.2 Å². The highest BCUT2D eigenvalue weighted by Crippen LogP contribution is 2.31. The number of benzene rings is 1. The molecule has 0 saturated heterocycles. The van der Waals surface area contributed by atoms with Crippen LogP contribution in [0, 0.1) is 5.92 Å². The van der Waals surface area contributed by atoms with Gasteiger partial charge in [-0.2, -0.15) is 0 Å². The predicted molar refractivity (Wildman–Crippen MR) is 79.8 cm³/mol. The minimum atomic E-state index is -0.179.